The fourth-order valence-corrected chi connectivity index (χ4v) is 4.90. The zero-order chi connectivity index (χ0) is 19.2. The minimum Gasteiger partial charge on any atom is -0.329 e. The van der Waals surface area contributed by atoms with Crippen molar-refractivity contribution in [1.29, 1.82) is 0 Å². The van der Waals surface area contributed by atoms with Gasteiger partial charge in [-0.2, -0.15) is 0 Å². The summed E-state index contributed by atoms with van der Waals surface area (Å²) in [5.41, 5.74) is 4.44. The Labute approximate surface area is 168 Å². The first-order chi connectivity index (χ1) is 14.3. The molecule has 0 radical (unpaired) electrons. The van der Waals surface area contributed by atoms with E-state index in [1.54, 1.807) is 6.33 Å². The number of benzene rings is 1. The van der Waals surface area contributed by atoms with E-state index in [4.69, 9.17) is 0 Å². The Morgan fingerprint density at radius 3 is 3.00 bits per heavy atom. The molecule has 1 aromatic carbocycles. The predicted molar refractivity (Wildman–Crippen MR) is 113 cm³/mol. The van der Waals surface area contributed by atoms with Crippen LogP contribution in [0.1, 0.15) is 37.3 Å². The van der Waals surface area contributed by atoms with Gasteiger partial charge >= 0.3 is 0 Å². The molecule has 0 N–H and O–H groups in total. The van der Waals surface area contributed by atoms with E-state index in [-0.39, 0.29) is 0 Å². The summed E-state index contributed by atoms with van der Waals surface area (Å²) in [4.78, 5) is 17.7. The van der Waals surface area contributed by atoms with Crippen molar-refractivity contribution in [2.45, 2.75) is 38.1 Å². The quantitative estimate of drug-likeness (QED) is 0.456. The van der Waals surface area contributed by atoms with Crippen LogP contribution >= 0.6 is 0 Å². The lowest BCUT2D eigenvalue weighted by atomic mass is 9.97. The Morgan fingerprint density at radius 1 is 1.00 bits per heavy atom. The molecule has 1 fully saturated rings. The highest BCUT2D eigenvalue weighted by molar-refractivity contribution is 5.91. The van der Waals surface area contributed by atoms with E-state index < -0.39 is 0 Å². The molecule has 5 aromatic rings. The van der Waals surface area contributed by atoms with Crippen LogP contribution in [0.15, 0.2) is 61.7 Å². The standard InChI is InChI=1S/C23H22N6/c1(2-17-4-6-20-21(12-17)27-15-28-10-8-25-23(20)28)16-3-5-19(11-16)29-9-7-18-13-24-14-26-22(18)29/h4,6-10,12-16,19H,1-3,5,11H2. The van der Waals surface area contributed by atoms with Gasteiger partial charge in [-0.15, -0.1) is 0 Å². The average Bonchev–Trinajstić information content (AvgIpc) is 3.50. The molecule has 2 unspecified atom stereocenters. The Balaban J connectivity index is 1.16. The molecule has 6 heteroatoms. The second-order valence-electron chi connectivity index (χ2n) is 8.15. The van der Waals surface area contributed by atoms with E-state index in [9.17, 15) is 0 Å². The molecule has 0 spiro atoms. The Kier molecular flexibility index (Phi) is 3.82. The fraction of sp³-hybridized carbons (Fsp3) is 0.304. The van der Waals surface area contributed by atoms with Gasteiger partial charge in [-0.3, -0.25) is 4.40 Å². The molecule has 6 rings (SSSR count). The summed E-state index contributed by atoms with van der Waals surface area (Å²) in [5, 5.41) is 2.25. The molecule has 1 aliphatic rings. The molecule has 0 aliphatic heterocycles. The third kappa shape index (κ3) is 2.87. The highest BCUT2D eigenvalue weighted by Crippen LogP contribution is 2.38. The number of rotatable bonds is 4. The van der Waals surface area contributed by atoms with Crippen molar-refractivity contribution in [2.24, 2.45) is 5.92 Å². The molecule has 4 heterocycles. The number of hydrogen-bond donors (Lipinski definition) is 0. The van der Waals surface area contributed by atoms with Crippen LogP contribution < -0.4 is 0 Å². The summed E-state index contributed by atoms with van der Waals surface area (Å²) in [6.07, 6.45) is 17.4. The minimum atomic E-state index is 0.555. The van der Waals surface area contributed by atoms with Crippen LogP contribution in [0.2, 0.25) is 0 Å². The smallest absolute Gasteiger partial charge is 0.147 e. The Morgan fingerprint density at radius 2 is 2.00 bits per heavy atom. The molecule has 1 aliphatic carbocycles. The van der Waals surface area contributed by atoms with Crippen LogP contribution in [0.25, 0.3) is 27.6 Å². The summed E-state index contributed by atoms with van der Waals surface area (Å²) in [7, 11) is 0. The zero-order valence-corrected chi connectivity index (χ0v) is 16.1. The van der Waals surface area contributed by atoms with Gasteiger partial charge in [-0.05, 0) is 61.8 Å². The highest BCUT2D eigenvalue weighted by Gasteiger charge is 2.26. The number of aryl methyl sites for hydroxylation is 1. The Bertz CT molecular complexity index is 1320. The summed E-state index contributed by atoms with van der Waals surface area (Å²) in [5.74, 6) is 0.762. The first-order valence-corrected chi connectivity index (χ1v) is 10.3. The van der Waals surface area contributed by atoms with Crippen LogP contribution in [-0.4, -0.2) is 28.9 Å². The van der Waals surface area contributed by atoms with Gasteiger partial charge in [0.1, 0.15) is 23.9 Å². The first kappa shape index (κ1) is 16.7. The monoisotopic (exact) mass is 382 g/mol. The van der Waals surface area contributed by atoms with E-state index in [1.807, 2.05) is 29.3 Å². The molecular weight excluding hydrogens is 360 g/mol. The molecule has 0 saturated heterocycles. The number of hydrogen-bond acceptors (Lipinski definition) is 4. The van der Waals surface area contributed by atoms with Crippen molar-refractivity contribution in [3.05, 3.63) is 67.3 Å². The van der Waals surface area contributed by atoms with Crippen LogP contribution in [0.3, 0.4) is 0 Å². The normalized spacial score (nSPS) is 19.6. The fourth-order valence-electron chi connectivity index (χ4n) is 4.90. The number of nitrogens with zero attached hydrogens (tertiary/aromatic N) is 6. The van der Waals surface area contributed by atoms with Crippen LogP contribution in [-0.2, 0) is 6.42 Å². The number of imidazole rings is 1. The van der Waals surface area contributed by atoms with Crippen molar-refractivity contribution in [3.8, 4) is 0 Å². The van der Waals surface area contributed by atoms with E-state index in [0.29, 0.717) is 6.04 Å². The number of aromatic nitrogens is 6. The SMILES string of the molecule is c1ncc2ccn(C3CCC(CCc4ccc5c(c4)ncn4ccnc54)C3)c2n1. The molecule has 0 amide bonds. The molecule has 2 atom stereocenters. The van der Waals surface area contributed by atoms with Crippen molar-refractivity contribution in [2.75, 3.05) is 0 Å². The minimum absolute atomic E-state index is 0.555. The molecule has 29 heavy (non-hydrogen) atoms. The Hall–Kier alpha value is -3.28. The van der Waals surface area contributed by atoms with Gasteiger partial charge in [0, 0.05) is 41.6 Å². The van der Waals surface area contributed by atoms with Crippen LogP contribution in [0.4, 0.5) is 0 Å². The van der Waals surface area contributed by atoms with Gasteiger partial charge in [0.2, 0.25) is 0 Å². The van der Waals surface area contributed by atoms with Gasteiger partial charge in [0.05, 0.1) is 5.52 Å². The molecule has 4 aromatic heterocycles. The zero-order valence-electron chi connectivity index (χ0n) is 16.1. The van der Waals surface area contributed by atoms with Gasteiger partial charge in [-0.1, -0.05) is 6.07 Å². The molecule has 0 bridgehead atoms. The van der Waals surface area contributed by atoms with Gasteiger partial charge in [-0.25, -0.2) is 19.9 Å². The lowest BCUT2D eigenvalue weighted by Crippen LogP contribution is -2.05. The lowest BCUT2D eigenvalue weighted by molar-refractivity contribution is 0.461. The molecule has 6 nitrogen and oxygen atoms in total. The van der Waals surface area contributed by atoms with E-state index in [1.165, 1.54) is 31.2 Å². The second-order valence-corrected chi connectivity index (χ2v) is 8.15. The maximum Gasteiger partial charge on any atom is 0.147 e. The maximum absolute atomic E-state index is 4.60. The van der Waals surface area contributed by atoms with Crippen molar-refractivity contribution < 1.29 is 0 Å². The van der Waals surface area contributed by atoms with E-state index in [2.05, 4.69) is 55.0 Å². The van der Waals surface area contributed by atoms with Crippen LogP contribution in [0, 0.1) is 5.92 Å². The van der Waals surface area contributed by atoms with Crippen molar-refractivity contribution in [1.82, 2.24) is 28.9 Å². The largest absolute Gasteiger partial charge is 0.329 e. The summed E-state index contributed by atoms with van der Waals surface area (Å²) >= 11 is 0. The van der Waals surface area contributed by atoms with E-state index in [0.717, 1.165) is 39.9 Å². The summed E-state index contributed by atoms with van der Waals surface area (Å²) in [6, 6.07) is 9.32. The second kappa shape index (κ2) is 6.65. The van der Waals surface area contributed by atoms with Gasteiger partial charge < -0.3 is 4.57 Å². The van der Waals surface area contributed by atoms with E-state index >= 15 is 0 Å². The summed E-state index contributed by atoms with van der Waals surface area (Å²) in [6.45, 7) is 0. The molecule has 144 valence electrons. The first-order valence-electron chi connectivity index (χ1n) is 10.3. The van der Waals surface area contributed by atoms with Crippen molar-refractivity contribution >= 4 is 27.6 Å². The van der Waals surface area contributed by atoms with Gasteiger partial charge in [0.25, 0.3) is 0 Å². The third-order valence-electron chi connectivity index (χ3n) is 6.42. The average molecular weight is 382 g/mol. The molecular formula is C23H22N6. The van der Waals surface area contributed by atoms with Crippen LogP contribution in [0.5, 0.6) is 0 Å². The highest BCUT2D eigenvalue weighted by atomic mass is 15.1. The topological polar surface area (TPSA) is 60.9 Å². The predicted octanol–water partition coefficient (Wildman–Crippen LogP) is 4.60. The number of fused-ring (bicyclic) bond motifs is 4. The lowest BCUT2D eigenvalue weighted by Gasteiger charge is -2.14. The van der Waals surface area contributed by atoms with Gasteiger partial charge in [0.15, 0.2) is 0 Å². The molecule has 1 saturated carbocycles. The maximum atomic E-state index is 4.60. The summed E-state index contributed by atoms with van der Waals surface area (Å²) < 4.78 is 4.32. The van der Waals surface area contributed by atoms with Crippen molar-refractivity contribution in [3.63, 3.8) is 0 Å². The third-order valence-corrected chi connectivity index (χ3v) is 6.42.